The van der Waals surface area contributed by atoms with Gasteiger partial charge in [0.05, 0.1) is 11.0 Å². The Hall–Kier alpha value is -1.68. The third kappa shape index (κ3) is 2.16. The van der Waals surface area contributed by atoms with Crippen molar-refractivity contribution >= 4 is 16.8 Å². The lowest BCUT2D eigenvalue weighted by molar-refractivity contribution is 0.0925. The van der Waals surface area contributed by atoms with Crippen LogP contribution in [0.1, 0.15) is 29.5 Å². The van der Waals surface area contributed by atoms with Gasteiger partial charge in [-0.3, -0.25) is 4.79 Å². The lowest BCUT2D eigenvalue weighted by Gasteiger charge is -2.08. The van der Waals surface area contributed by atoms with Gasteiger partial charge >= 0.3 is 0 Å². The molecule has 4 nitrogen and oxygen atoms in total. The Morgan fingerprint density at radius 3 is 2.89 bits per heavy atom. The van der Waals surface area contributed by atoms with Crippen molar-refractivity contribution in [3.05, 3.63) is 29.6 Å². The number of aromatic nitrogens is 2. The normalized spacial score (nSPS) is 12.9. The fourth-order valence-corrected chi connectivity index (χ4v) is 2.14. The van der Waals surface area contributed by atoms with Gasteiger partial charge in [0.25, 0.3) is 0 Å². The molecule has 0 spiro atoms. The summed E-state index contributed by atoms with van der Waals surface area (Å²) in [5.41, 5.74) is 8.14. The summed E-state index contributed by atoms with van der Waals surface area (Å²) in [6, 6.07) is 5.70. The number of carbonyl (C=O) groups is 1. The molecule has 0 radical (unpaired) electrons. The minimum Gasteiger partial charge on any atom is -0.331 e. The quantitative estimate of drug-likeness (QED) is 0.839. The molecule has 1 unspecified atom stereocenters. The third-order valence-corrected chi connectivity index (χ3v) is 3.44. The average Bonchev–Trinajstić information content (AvgIpc) is 2.64. The minimum atomic E-state index is -0.0303. The summed E-state index contributed by atoms with van der Waals surface area (Å²) in [6.07, 6.45) is 0.720. The molecule has 0 aliphatic carbocycles. The summed E-state index contributed by atoms with van der Waals surface area (Å²) in [5.74, 6) is 1.06. The van der Waals surface area contributed by atoms with Crippen LogP contribution in [0.3, 0.4) is 0 Å². The number of nitrogens with two attached hydrogens (primary N) is 1. The Kier molecular flexibility index (Phi) is 3.48. The van der Waals surface area contributed by atoms with E-state index in [2.05, 4.69) is 4.98 Å². The number of rotatable bonds is 4. The van der Waals surface area contributed by atoms with Crippen LogP contribution in [0.25, 0.3) is 11.0 Å². The molecule has 1 aromatic heterocycles. The number of ketones is 1. The maximum Gasteiger partial charge on any atom is 0.165 e. The molecule has 0 saturated heterocycles. The number of aryl methyl sites for hydroxylation is 2. The van der Waals surface area contributed by atoms with Crippen molar-refractivity contribution in [1.29, 1.82) is 0 Å². The number of benzene rings is 1. The summed E-state index contributed by atoms with van der Waals surface area (Å²) in [6.45, 7) is 4.42. The maximum atomic E-state index is 12.2. The predicted octanol–water partition coefficient (Wildman–Crippen LogP) is 2.05. The van der Waals surface area contributed by atoms with E-state index in [4.69, 9.17) is 5.73 Å². The van der Waals surface area contributed by atoms with E-state index < -0.39 is 0 Å². The van der Waals surface area contributed by atoms with Gasteiger partial charge in [0.15, 0.2) is 5.78 Å². The van der Waals surface area contributed by atoms with Crippen LogP contribution in [0.4, 0.5) is 0 Å². The zero-order valence-electron chi connectivity index (χ0n) is 11.1. The number of hydrogen-bond donors (Lipinski definition) is 1. The lowest BCUT2D eigenvalue weighted by Crippen LogP contribution is -2.15. The van der Waals surface area contributed by atoms with E-state index in [0.29, 0.717) is 6.54 Å². The van der Waals surface area contributed by atoms with Crippen molar-refractivity contribution in [2.45, 2.75) is 20.3 Å². The van der Waals surface area contributed by atoms with E-state index in [1.54, 1.807) is 0 Å². The van der Waals surface area contributed by atoms with Gasteiger partial charge in [-0.2, -0.15) is 0 Å². The summed E-state index contributed by atoms with van der Waals surface area (Å²) in [5, 5.41) is 0. The first-order valence-corrected chi connectivity index (χ1v) is 6.22. The second-order valence-corrected chi connectivity index (χ2v) is 4.76. The molecule has 2 N–H and O–H groups in total. The Labute approximate surface area is 107 Å². The molecule has 0 amide bonds. The second kappa shape index (κ2) is 4.90. The lowest BCUT2D eigenvalue weighted by atomic mass is 9.96. The highest BCUT2D eigenvalue weighted by Gasteiger charge is 2.15. The Morgan fingerprint density at radius 2 is 2.22 bits per heavy atom. The highest BCUT2D eigenvalue weighted by molar-refractivity contribution is 6.00. The molecule has 0 fully saturated rings. The van der Waals surface area contributed by atoms with Crippen molar-refractivity contribution in [2.75, 3.05) is 6.54 Å². The van der Waals surface area contributed by atoms with E-state index in [0.717, 1.165) is 28.8 Å². The van der Waals surface area contributed by atoms with Crippen molar-refractivity contribution < 1.29 is 4.79 Å². The first-order chi connectivity index (χ1) is 8.54. The smallest absolute Gasteiger partial charge is 0.165 e. The van der Waals surface area contributed by atoms with Gasteiger partial charge < -0.3 is 10.3 Å². The summed E-state index contributed by atoms with van der Waals surface area (Å²) < 4.78 is 2.02. The largest absolute Gasteiger partial charge is 0.331 e. The highest BCUT2D eigenvalue weighted by atomic mass is 16.1. The van der Waals surface area contributed by atoms with E-state index in [-0.39, 0.29) is 11.7 Å². The second-order valence-electron chi connectivity index (χ2n) is 4.76. The molecule has 2 rings (SSSR count). The van der Waals surface area contributed by atoms with Gasteiger partial charge in [-0.25, -0.2) is 4.98 Å². The molecule has 18 heavy (non-hydrogen) atoms. The number of fused-ring (bicyclic) bond motifs is 1. The van der Waals surface area contributed by atoms with Crippen molar-refractivity contribution in [3.63, 3.8) is 0 Å². The highest BCUT2D eigenvalue weighted by Crippen LogP contribution is 2.19. The third-order valence-electron chi connectivity index (χ3n) is 3.44. The van der Waals surface area contributed by atoms with Crippen LogP contribution in [0.2, 0.25) is 0 Å². The van der Waals surface area contributed by atoms with Crippen LogP contribution in [-0.2, 0) is 7.05 Å². The van der Waals surface area contributed by atoms with Crippen LogP contribution in [0, 0.1) is 12.8 Å². The number of hydrogen-bond acceptors (Lipinski definition) is 3. The fourth-order valence-electron chi connectivity index (χ4n) is 2.14. The molecule has 0 saturated carbocycles. The van der Waals surface area contributed by atoms with Crippen LogP contribution >= 0.6 is 0 Å². The van der Waals surface area contributed by atoms with E-state index in [1.165, 1.54) is 0 Å². The average molecular weight is 245 g/mol. The SMILES string of the molecule is Cc1nc2cc(C(=O)C(C)CCN)ccc2n1C. The number of imidazole rings is 1. The van der Waals surface area contributed by atoms with E-state index in [9.17, 15) is 4.79 Å². The zero-order chi connectivity index (χ0) is 13.3. The topological polar surface area (TPSA) is 60.9 Å². The molecule has 0 aliphatic rings. The van der Waals surface area contributed by atoms with Crippen LogP contribution in [-0.4, -0.2) is 21.9 Å². The first kappa shape index (κ1) is 12.8. The molecule has 96 valence electrons. The van der Waals surface area contributed by atoms with Crippen molar-refractivity contribution in [1.82, 2.24) is 9.55 Å². The first-order valence-electron chi connectivity index (χ1n) is 6.22. The van der Waals surface area contributed by atoms with Gasteiger partial charge in [0.2, 0.25) is 0 Å². The van der Waals surface area contributed by atoms with Gasteiger partial charge in [0, 0.05) is 18.5 Å². The van der Waals surface area contributed by atoms with Crippen LogP contribution in [0.5, 0.6) is 0 Å². The Balaban J connectivity index is 2.38. The minimum absolute atomic E-state index is 0.0303. The maximum absolute atomic E-state index is 12.2. The van der Waals surface area contributed by atoms with Gasteiger partial charge in [-0.15, -0.1) is 0 Å². The summed E-state index contributed by atoms with van der Waals surface area (Å²) in [7, 11) is 1.98. The number of nitrogens with zero attached hydrogens (tertiary/aromatic N) is 2. The van der Waals surface area contributed by atoms with Crippen molar-refractivity contribution in [2.24, 2.45) is 18.7 Å². The van der Waals surface area contributed by atoms with Crippen LogP contribution in [0.15, 0.2) is 18.2 Å². The number of carbonyl (C=O) groups excluding carboxylic acids is 1. The monoisotopic (exact) mass is 245 g/mol. The molecule has 4 heteroatoms. The predicted molar refractivity (Wildman–Crippen MR) is 72.6 cm³/mol. The van der Waals surface area contributed by atoms with E-state index in [1.807, 2.05) is 43.7 Å². The fraction of sp³-hybridized carbons (Fsp3) is 0.429. The zero-order valence-corrected chi connectivity index (χ0v) is 11.1. The molecular weight excluding hydrogens is 226 g/mol. The van der Waals surface area contributed by atoms with Gasteiger partial charge in [0.1, 0.15) is 5.82 Å². The molecule has 0 bridgehead atoms. The summed E-state index contributed by atoms with van der Waals surface area (Å²) in [4.78, 5) is 16.6. The molecule has 1 heterocycles. The summed E-state index contributed by atoms with van der Waals surface area (Å²) >= 11 is 0. The molecule has 1 aromatic carbocycles. The van der Waals surface area contributed by atoms with Gasteiger partial charge in [-0.1, -0.05) is 6.92 Å². The Morgan fingerprint density at radius 1 is 1.50 bits per heavy atom. The number of Topliss-reactive ketones (excluding diaryl/α,β-unsaturated/α-hetero) is 1. The molecule has 1 atom stereocenters. The van der Waals surface area contributed by atoms with Gasteiger partial charge in [-0.05, 0) is 38.1 Å². The molecule has 2 aromatic rings. The van der Waals surface area contributed by atoms with Crippen LogP contribution < -0.4 is 5.73 Å². The van der Waals surface area contributed by atoms with E-state index >= 15 is 0 Å². The Bertz CT molecular complexity index is 586. The molecule has 0 aliphatic heterocycles. The molecular formula is C14H19N3O. The van der Waals surface area contributed by atoms with Crippen molar-refractivity contribution in [3.8, 4) is 0 Å². The standard InChI is InChI=1S/C14H19N3O/c1-9(6-7-15)14(18)11-4-5-13-12(8-11)16-10(2)17(13)3/h4-5,8-9H,6-7,15H2,1-3H3.